The number of halogens is 1. The van der Waals surface area contributed by atoms with E-state index in [1.165, 1.54) is 18.5 Å². The first-order chi connectivity index (χ1) is 9.98. The van der Waals surface area contributed by atoms with Crippen LogP contribution in [0.2, 0.25) is 0 Å². The average Bonchev–Trinajstić information content (AvgIpc) is 2.46. The van der Waals surface area contributed by atoms with E-state index < -0.39 is 5.67 Å². The highest BCUT2D eigenvalue weighted by Crippen LogP contribution is 2.23. The van der Waals surface area contributed by atoms with E-state index in [1.807, 2.05) is 0 Å². The monoisotopic (exact) mass is 292 g/mol. The summed E-state index contributed by atoms with van der Waals surface area (Å²) in [5, 5.41) is 0. The Morgan fingerprint density at radius 1 is 1.19 bits per heavy atom. The first-order valence-corrected chi connectivity index (χ1v) is 8.19. The molecule has 1 saturated heterocycles. The molecule has 0 saturated carbocycles. The van der Waals surface area contributed by atoms with Gasteiger partial charge in [-0.2, -0.15) is 0 Å². The van der Waals surface area contributed by atoms with Crippen molar-refractivity contribution in [3.05, 3.63) is 30.3 Å². The predicted octanol–water partition coefficient (Wildman–Crippen LogP) is 3.97. The molecule has 1 fully saturated rings. The van der Waals surface area contributed by atoms with Crippen LogP contribution in [-0.4, -0.2) is 43.3 Å². The van der Waals surface area contributed by atoms with E-state index in [4.69, 9.17) is 0 Å². The maximum Gasteiger partial charge on any atom is 0.118 e. The Kier molecular flexibility index (Phi) is 5.63. The number of anilines is 1. The number of benzene rings is 1. The molecule has 0 aliphatic carbocycles. The number of hydrogen-bond acceptors (Lipinski definition) is 2. The van der Waals surface area contributed by atoms with Gasteiger partial charge in [-0.25, -0.2) is 4.39 Å². The Morgan fingerprint density at radius 2 is 1.81 bits per heavy atom. The Morgan fingerprint density at radius 3 is 2.33 bits per heavy atom. The third kappa shape index (κ3) is 5.31. The summed E-state index contributed by atoms with van der Waals surface area (Å²) < 4.78 is 13.7. The topological polar surface area (TPSA) is 6.48 Å². The summed E-state index contributed by atoms with van der Waals surface area (Å²) in [4.78, 5) is 4.73. The van der Waals surface area contributed by atoms with Crippen molar-refractivity contribution in [1.82, 2.24) is 4.90 Å². The van der Waals surface area contributed by atoms with Gasteiger partial charge in [-0.05, 0) is 64.8 Å². The van der Waals surface area contributed by atoms with Crippen molar-refractivity contribution in [1.29, 1.82) is 0 Å². The van der Waals surface area contributed by atoms with Gasteiger partial charge >= 0.3 is 0 Å². The number of likely N-dealkylation sites (tertiary alicyclic amines) is 1. The number of hydrogen-bond donors (Lipinski definition) is 0. The van der Waals surface area contributed by atoms with Crippen LogP contribution >= 0.6 is 0 Å². The first-order valence-electron chi connectivity index (χ1n) is 8.19. The van der Waals surface area contributed by atoms with Crippen LogP contribution in [0.15, 0.2) is 30.3 Å². The van der Waals surface area contributed by atoms with Crippen LogP contribution in [0.1, 0.15) is 33.6 Å². The zero-order valence-electron chi connectivity index (χ0n) is 13.7. The molecule has 0 N–H and O–H groups in total. The Bertz CT molecular complexity index is 405. The predicted molar refractivity (Wildman–Crippen MR) is 88.7 cm³/mol. The summed E-state index contributed by atoms with van der Waals surface area (Å²) in [6.07, 6.45) is 2.36. The maximum atomic E-state index is 13.7. The van der Waals surface area contributed by atoms with Crippen LogP contribution in [0.5, 0.6) is 0 Å². The number of nitrogens with zero attached hydrogens (tertiary/aromatic N) is 2. The fourth-order valence-electron chi connectivity index (χ4n) is 3.23. The molecule has 2 rings (SSSR count). The summed E-state index contributed by atoms with van der Waals surface area (Å²) >= 11 is 0. The minimum absolute atomic E-state index is 0.565. The fourth-order valence-corrected chi connectivity index (χ4v) is 3.23. The van der Waals surface area contributed by atoms with E-state index in [-0.39, 0.29) is 0 Å². The van der Waals surface area contributed by atoms with Crippen molar-refractivity contribution in [2.45, 2.75) is 39.3 Å². The van der Waals surface area contributed by atoms with Crippen LogP contribution in [0.4, 0.5) is 10.1 Å². The van der Waals surface area contributed by atoms with Gasteiger partial charge in [0.25, 0.3) is 0 Å². The zero-order chi connectivity index (χ0) is 15.3. The standard InChI is InChI=1S/C18H29FN2/c1-4-21(17-8-6-5-7-9-17)14-16-10-12-20(13-11-16)15-18(2,3)19/h5-9,16H,4,10-15H2,1-3H3. The van der Waals surface area contributed by atoms with Crippen molar-refractivity contribution in [3.63, 3.8) is 0 Å². The second-order valence-electron chi connectivity index (χ2n) is 6.81. The number of para-hydroxylation sites is 1. The van der Waals surface area contributed by atoms with Crippen molar-refractivity contribution in [3.8, 4) is 0 Å². The van der Waals surface area contributed by atoms with Gasteiger partial charge in [0.05, 0.1) is 0 Å². The molecule has 21 heavy (non-hydrogen) atoms. The minimum Gasteiger partial charge on any atom is -0.372 e. The van der Waals surface area contributed by atoms with Crippen LogP contribution in [0.25, 0.3) is 0 Å². The zero-order valence-corrected chi connectivity index (χ0v) is 13.7. The maximum absolute atomic E-state index is 13.7. The molecule has 1 aliphatic rings. The average molecular weight is 292 g/mol. The van der Waals surface area contributed by atoms with Gasteiger partial charge in [-0.3, -0.25) is 0 Å². The van der Waals surface area contributed by atoms with E-state index in [0.29, 0.717) is 6.54 Å². The molecule has 0 amide bonds. The molecule has 1 aliphatic heterocycles. The largest absolute Gasteiger partial charge is 0.372 e. The second-order valence-corrected chi connectivity index (χ2v) is 6.81. The van der Waals surface area contributed by atoms with Crippen LogP contribution in [0, 0.1) is 5.92 Å². The highest BCUT2D eigenvalue weighted by Gasteiger charge is 2.25. The summed E-state index contributed by atoms with van der Waals surface area (Å²) in [5.74, 6) is 0.726. The molecule has 0 atom stereocenters. The first kappa shape index (κ1) is 16.3. The van der Waals surface area contributed by atoms with Gasteiger partial charge in [0.15, 0.2) is 0 Å². The molecule has 0 spiro atoms. The lowest BCUT2D eigenvalue weighted by molar-refractivity contribution is 0.0967. The molecule has 118 valence electrons. The molecule has 1 aromatic carbocycles. The Balaban J connectivity index is 1.82. The third-order valence-electron chi connectivity index (χ3n) is 4.29. The van der Waals surface area contributed by atoms with E-state index in [9.17, 15) is 4.39 Å². The van der Waals surface area contributed by atoms with Gasteiger partial charge in [0.2, 0.25) is 0 Å². The Hall–Kier alpha value is -1.09. The smallest absolute Gasteiger partial charge is 0.118 e. The van der Waals surface area contributed by atoms with Gasteiger partial charge in [-0.1, -0.05) is 18.2 Å². The van der Waals surface area contributed by atoms with Crippen molar-refractivity contribution in [2.24, 2.45) is 5.92 Å². The van der Waals surface area contributed by atoms with Crippen LogP contribution in [-0.2, 0) is 0 Å². The summed E-state index contributed by atoms with van der Waals surface area (Å²) in [6.45, 7) is 10.4. The summed E-state index contributed by atoms with van der Waals surface area (Å²) in [5.41, 5.74) is 0.235. The lowest BCUT2D eigenvalue weighted by atomic mass is 9.95. The number of piperidine rings is 1. The van der Waals surface area contributed by atoms with Gasteiger partial charge in [-0.15, -0.1) is 0 Å². The summed E-state index contributed by atoms with van der Waals surface area (Å²) in [7, 11) is 0. The molecule has 1 aromatic rings. The number of alkyl halides is 1. The Labute approximate surface area is 128 Å². The highest BCUT2D eigenvalue weighted by molar-refractivity contribution is 5.45. The van der Waals surface area contributed by atoms with E-state index >= 15 is 0 Å². The normalized spacial score (nSPS) is 17.9. The van der Waals surface area contributed by atoms with Gasteiger partial charge in [0.1, 0.15) is 5.67 Å². The highest BCUT2D eigenvalue weighted by atomic mass is 19.1. The second kappa shape index (κ2) is 7.26. The molecule has 0 radical (unpaired) electrons. The lowest BCUT2D eigenvalue weighted by Crippen LogP contribution is -2.43. The molecule has 3 heteroatoms. The lowest BCUT2D eigenvalue weighted by Gasteiger charge is -2.37. The molecule has 0 bridgehead atoms. The quantitative estimate of drug-likeness (QED) is 0.782. The molecule has 1 heterocycles. The van der Waals surface area contributed by atoms with Gasteiger partial charge < -0.3 is 9.80 Å². The molecule has 2 nitrogen and oxygen atoms in total. The van der Waals surface area contributed by atoms with Crippen LogP contribution < -0.4 is 4.90 Å². The molecular weight excluding hydrogens is 263 g/mol. The fraction of sp³-hybridized carbons (Fsp3) is 0.667. The van der Waals surface area contributed by atoms with Crippen molar-refractivity contribution >= 4 is 5.69 Å². The molecular formula is C18H29FN2. The van der Waals surface area contributed by atoms with Gasteiger partial charge in [0, 0.05) is 25.3 Å². The minimum atomic E-state index is -1.08. The third-order valence-corrected chi connectivity index (χ3v) is 4.29. The summed E-state index contributed by atoms with van der Waals surface area (Å²) in [6, 6.07) is 10.6. The van der Waals surface area contributed by atoms with Crippen molar-refractivity contribution in [2.75, 3.05) is 37.6 Å². The van der Waals surface area contributed by atoms with E-state index in [1.54, 1.807) is 13.8 Å². The van der Waals surface area contributed by atoms with E-state index in [0.717, 1.165) is 32.1 Å². The molecule has 0 unspecified atom stereocenters. The molecule has 0 aromatic heterocycles. The van der Waals surface area contributed by atoms with Crippen LogP contribution in [0.3, 0.4) is 0 Å². The van der Waals surface area contributed by atoms with E-state index in [2.05, 4.69) is 47.1 Å². The van der Waals surface area contributed by atoms with Crippen molar-refractivity contribution < 1.29 is 4.39 Å². The SMILES string of the molecule is CCN(CC1CCN(CC(C)(C)F)CC1)c1ccccc1. The number of rotatable bonds is 6.